The van der Waals surface area contributed by atoms with Gasteiger partial charge in [0, 0.05) is 32.5 Å². The third-order valence-electron chi connectivity index (χ3n) is 2.24. The van der Waals surface area contributed by atoms with Crippen LogP contribution in [0.1, 0.15) is 25.1 Å². The van der Waals surface area contributed by atoms with Crippen LogP contribution in [0.2, 0.25) is 0 Å². The minimum Gasteiger partial charge on any atom is -0.390 e. The maximum absolute atomic E-state index is 5.86. The molecule has 0 aromatic carbocycles. The number of hydrogen-bond donors (Lipinski definition) is 4. The lowest BCUT2D eigenvalue weighted by Gasteiger charge is -2.16. The van der Waals surface area contributed by atoms with Crippen molar-refractivity contribution in [3.05, 3.63) is 23.5 Å². The van der Waals surface area contributed by atoms with Gasteiger partial charge in [0.25, 0.3) is 0 Å². The van der Waals surface area contributed by atoms with Gasteiger partial charge in [-0.15, -0.1) is 0 Å². The predicted molar refractivity (Wildman–Crippen MR) is 83.7 cm³/mol. The Morgan fingerprint density at radius 3 is 2.42 bits per heavy atom. The molecule has 0 aliphatic rings. The molecule has 1 rings (SSSR count). The lowest BCUT2D eigenvalue weighted by Crippen LogP contribution is -2.35. The highest BCUT2D eigenvalue weighted by molar-refractivity contribution is 5.77. The van der Waals surface area contributed by atoms with Crippen LogP contribution in [0.15, 0.2) is 17.3 Å². The number of likely N-dealkylation sites (N-methyl/N-ethyl adjacent to an activating group) is 1. The van der Waals surface area contributed by atoms with E-state index in [9.17, 15) is 0 Å². The van der Waals surface area contributed by atoms with Gasteiger partial charge < -0.3 is 21.4 Å². The molecule has 1 aromatic rings. The first-order chi connectivity index (χ1) is 9.04. The molecule has 0 aliphatic carbocycles. The molecule has 110 valence electrons. The fourth-order valence-electron chi connectivity index (χ4n) is 1.29. The number of nitrogens with two attached hydrogens (primary N) is 2. The monoisotopic (exact) mass is 268 g/mol. The molecule has 0 saturated carbocycles. The first-order valence-corrected chi connectivity index (χ1v) is 6.33. The molecule has 0 fully saturated rings. The Labute approximate surface area is 116 Å². The summed E-state index contributed by atoms with van der Waals surface area (Å²) in [7, 11) is 3.65. The fraction of sp³-hybridized carbons (Fsp3) is 0.538. The largest absolute Gasteiger partial charge is 0.390 e. The van der Waals surface area contributed by atoms with Crippen LogP contribution in [-0.4, -0.2) is 42.8 Å². The molecule has 6 nitrogen and oxygen atoms in total. The minimum atomic E-state index is 0.581. The second-order valence-corrected chi connectivity index (χ2v) is 3.61. The number of nitrogens with zero attached hydrogens (tertiary/aromatic N) is 2. The molecule has 1 heterocycles. The summed E-state index contributed by atoms with van der Waals surface area (Å²) in [6.07, 6.45) is 3.76. The summed E-state index contributed by atoms with van der Waals surface area (Å²) in [6.45, 7) is 6.94. The van der Waals surface area contributed by atoms with Crippen LogP contribution in [0.5, 0.6) is 0 Å². The van der Waals surface area contributed by atoms with Gasteiger partial charge in [0.2, 0.25) is 0 Å². The zero-order chi connectivity index (χ0) is 15.3. The van der Waals surface area contributed by atoms with Crippen molar-refractivity contribution >= 4 is 12.3 Å². The van der Waals surface area contributed by atoms with Gasteiger partial charge in [-0.2, -0.15) is 0 Å². The number of hydrogen-bond acceptors (Lipinski definition) is 2. The van der Waals surface area contributed by atoms with Crippen molar-refractivity contribution in [1.82, 2.24) is 9.88 Å². The van der Waals surface area contributed by atoms with Crippen LogP contribution in [0.25, 0.3) is 0 Å². The summed E-state index contributed by atoms with van der Waals surface area (Å²) < 4.78 is 0. The molecule has 6 N–H and O–H groups in total. The van der Waals surface area contributed by atoms with Gasteiger partial charge in [-0.3, -0.25) is 10.4 Å². The van der Waals surface area contributed by atoms with Gasteiger partial charge >= 0.3 is 0 Å². The Morgan fingerprint density at radius 1 is 1.53 bits per heavy atom. The van der Waals surface area contributed by atoms with Gasteiger partial charge in [0.05, 0.1) is 6.34 Å². The second kappa shape index (κ2) is 12.5. The van der Waals surface area contributed by atoms with E-state index in [-0.39, 0.29) is 0 Å². The standard InChI is InChI=1S/C10H18N4.C2H6.CH4N2/c1-8-6-9(7-13-8)4-5-14(3)10(11)12-2;1-2;2-1-3/h6-7,13H,4-5H2,1-3H3,(H2,11,12);1-2H3;1H,(H3,2,3). The number of aromatic amines is 1. The van der Waals surface area contributed by atoms with E-state index in [1.807, 2.05) is 32.0 Å². The van der Waals surface area contributed by atoms with E-state index in [1.54, 1.807) is 7.05 Å². The van der Waals surface area contributed by atoms with Gasteiger partial charge in [0.1, 0.15) is 0 Å². The predicted octanol–water partition coefficient (Wildman–Crippen LogP) is 1.32. The minimum absolute atomic E-state index is 0.581. The summed E-state index contributed by atoms with van der Waals surface area (Å²) in [5, 5.41) is 5.86. The summed E-state index contributed by atoms with van der Waals surface area (Å²) in [6, 6.07) is 2.15. The zero-order valence-electron chi connectivity index (χ0n) is 12.7. The van der Waals surface area contributed by atoms with E-state index < -0.39 is 0 Å². The number of aromatic nitrogens is 1. The summed E-state index contributed by atoms with van der Waals surface area (Å²) in [5.41, 5.74) is 12.5. The van der Waals surface area contributed by atoms with Crippen molar-refractivity contribution in [2.45, 2.75) is 27.2 Å². The van der Waals surface area contributed by atoms with Crippen LogP contribution in [0, 0.1) is 12.3 Å². The molecule has 0 unspecified atom stereocenters. The van der Waals surface area contributed by atoms with Crippen molar-refractivity contribution in [3.8, 4) is 0 Å². The molecule has 19 heavy (non-hydrogen) atoms. The van der Waals surface area contributed by atoms with Gasteiger partial charge in [-0.1, -0.05) is 13.8 Å². The molecular weight excluding hydrogens is 240 g/mol. The number of nitrogens with one attached hydrogen (secondary N) is 2. The fourth-order valence-corrected chi connectivity index (χ4v) is 1.29. The van der Waals surface area contributed by atoms with Gasteiger partial charge in [0.15, 0.2) is 5.96 Å². The first-order valence-electron chi connectivity index (χ1n) is 6.33. The quantitative estimate of drug-likeness (QED) is 0.490. The first kappa shape index (κ1) is 19.4. The molecule has 0 radical (unpaired) electrons. The average molecular weight is 268 g/mol. The summed E-state index contributed by atoms with van der Waals surface area (Å²) in [5.74, 6) is 0.581. The Bertz CT molecular complexity index is 356. The molecule has 0 bridgehead atoms. The second-order valence-electron chi connectivity index (χ2n) is 3.61. The third kappa shape index (κ3) is 9.70. The van der Waals surface area contributed by atoms with Crippen LogP contribution >= 0.6 is 0 Å². The van der Waals surface area contributed by atoms with Crippen molar-refractivity contribution < 1.29 is 0 Å². The van der Waals surface area contributed by atoms with Crippen LogP contribution < -0.4 is 11.5 Å². The lowest BCUT2D eigenvalue weighted by molar-refractivity contribution is 0.502. The smallest absolute Gasteiger partial charge is 0.190 e. The molecule has 0 aliphatic heterocycles. The van der Waals surface area contributed by atoms with E-state index in [0.717, 1.165) is 19.3 Å². The van der Waals surface area contributed by atoms with E-state index >= 15 is 0 Å². The van der Waals surface area contributed by atoms with E-state index in [2.05, 4.69) is 28.7 Å². The molecule has 6 heteroatoms. The highest BCUT2D eigenvalue weighted by Gasteiger charge is 2.01. The molecular formula is C13H28N6. The zero-order valence-corrected chi connectivity index (χ0v) is 12.7. The van der Waals surface area contributed by atoms with E-state index in [0.29, 0.717) is 5.96 Å². The summed E-state index contributed by atoms with van der Waals surface area (Å²) in [4.78, 5) is 9.02. The van der Waals surface area contributed by atoms with Crippen molar-refractivity contribution in [3.63, 3.8) is 0 Å². The van der Waals surface area contributed by atoms with Crippen LogP contribution in [0.3, 0.4) is 0 Å². The van der Waals surface area contributed by atoms with Crippen molar-refractivity contribution in [2.75, 3.05) is 20.6 Å². The van der Waals surface area contributed by atoms with Crippen molar-refractivity contribution in [2.24, 2.45) is 16.5 Å². The number of H-pyrrole nitrogens is 1. The maximum Gasteiger partial charge on any atom is 0.190 e. The Kier molecular flexibility index (Phi) is 12.7. The van der Waals surface area contributed by atoms with Crippen LogP contribution in [0.4, 0.5) is 0 Å². The van der Waals surface area contributed by atoms with E-state index in [1.165, 1.54) is 11.3 Å². The van der Waals surface area contributed by atoms with Gasteiger partial charge in [-0.25, -0.2) is 0 Å². The highest BCUT2D eigenvalue weighted by Crippen LogP contribution is 2.03. The number of guanidine groups is 1. The molecule has 1 aromatic heterocycles. The molecule has 0 saturated heterocycles. The Balaban J connectivity index is 0. The number of aliphatic imine (C=N–C) groups is 1. The SMILES string of the molecule is CC.CN=C(N)N(C)CCc1c[nH]c(C)c1.N=CN. The Hall–Kier alpha value is -1.98. The maximum atomic E-state index is 5.86. The van der Waals surface area contributed by atoms with E-state index in [4.69, 9.17) is 11.1 Å². The lowest BCUT2D eigenvalue weighted by atomic mass is 10.2. The molecule has 0 spiro atoms. The number of rotatable bonds is 3. The summed E-state index contributed by atoms with van der Waals surface area (Å²) >= 11 is 0. The van der Waals surface area contributed by atoms with Gasteiger partial charge in [-0.05, 0) is 25.0 Å². The third-order valence-corrected chi connectivity index (χ3v) is 2.24. The molecule has 0 atom stereocenters. The highest BCUT2D eigenvalue weighted by atomic mass is 15.2. The van der Waals surface area contributed by atoms with Crippen molar-refractivity contribution in [1.29, 1.82) is 5.41 Å². The molecule has 0 amide bonds. The Morgan fingerprint density at radius 2 is 2.05 bits per heavy atom. The topological polar surface area (TPSA) is 107 Å². The number of aryl methyl sites for hydroxylation is 1. The van der Waals surface area contributed by atoms with Crippen LogP contribution in [-0.2, 0) is 6.42 Å². The normalized spacial score (nSPS) is 9.63. The average Bonchev–Trinajstić information content (AvgIpc) is 2.84.